The van der Waals surface area contributed by atoms with Gasteiger partial charge in [0.1, 0.15) is 11.8 Å². The molecule has 1 saturated heterocycles. The molecular formula is C29H34N2O6S. The summed E-state index contributed by atoms with van der Waals surface area (Å²) in [4.78, 5) is 14.6. The number of benzene rings is 3. The summed E-state index contributed by atoms with van der Waals surface area (Å²) in [5.41, 5.74) is 3.40. The van der Waals surface area contributed by atoms with E-state index in [4.69, 9.17) is 9.47 Å². The number of carbonyl (C=O) groups is 1. The maximum atomic E-state index is 12.4. The second-order valence-electron chi connectivity index (χ2n) is 9.33. The molecule has 0 aromatic heterocycles. The number of piperidine rings is 1. The van der Waals surface area contributed by atoms with Crippen molar-refractivity contribution < 1.29 is 28.1 Å². The van der Waals surface area contributed by atoms with E-state index in [1.807, 2.05) is 66.7 Å². The first-order chi connectivity index (χ1) is 18.5. The quantitative estimate of drug-likeness (QED) is 0.255. The van der Waals surface area contributed by atoms with E-state index in [1.54, 1.807) is 19.2 Å². The lowest BCUT2D eigenvalue weighted by Crippen LogP contribution is -2.50. The molecule has 0 aliphatic carbocycles. The van der Waals surface area contributed by atoms with Crippen molar-refractivity contribution in [3.63, 3.8) is 0 Å². The highest BCUT2D eigenvalue weighted by molar-refractivity contribution is 7.80. The molecule has 9 heteroatoms. The van der Waals surface area contributed by atoms with Gasteiger partial charge in [-0.05, 0) is 72.8 Å². The van der Waals surface area contributed by atoms with Gasteiger partial charge in [-0.25, -0.2) is 9.00 Å². The van der Waals surface area contributed by atoms with Gasteiger partial charge < -0.3 is 19.5 Å². The van der Waals surface area contributed by atoms with Gasteiger partial charge in [0.2, 0.25) is 0 Å². The SMILES string of the molecule is COc1ccc(-c2ccc(N(C(C(=O)O)C3CCN(CCOCc4ccccc4)CC3)S(=O)O)cc2)cc1. The van der Waals surface area contributed by atoms with Crippen molar-refractivity contribution in [1.82, 2.24) is 4.90 Å². The van der Waals surface area contributed by atoms with Gasteiger partial charge in [-0.2, -0.15) is 0 Å². The fourth-order valence-corrected chi connectivity index (χ4v) is 5.63. The molecule has 0 saturated carbocycles. The van der Waals surface area contributed by atoms with Crippen LogP contribution >= 0.6 is 0 Å². The molecule has 8 nitrogen and oxygen atoms in total. The van der Waals surface area contributed by atoms with E-state index >= 15 is 0 Å². The Kier molecular flexibility index (Phi) is 9.89. The normalized spacial score (nSPS) is 16.1. The molecule has 3 aromatic rings. The molecule has 1 aliphatic heterocycles. The van der Waals surface area contributed by atoms with Crippen LogP contribution < -0.4 is 9.04 Å². The summed E-state index contributed by atoms with van der Waals surface area (Å²) in [6.45, 7) is 3.35. The molecule has 0 amide bonds. The van der Waals surface area contributed by atoms with Crippen LogP contribution in [0.25, 0.3) is 11.1 Å². The molecule has 1 aliphatic rings. The Labute approximate surface area is 226 Å². The molecular weight excluding hydrogens is 504 g/mol. The van der Waals surface area contributed by atoms with Crippen LogP contribution in [0, 0.1) is 5.92 Å². The van der Waals surface area contributed by atoms with Crippen LogP contribution in [0.1, 0.15) is 18.4 Å². The topological polar surface area (TPSA) is 99.5 Å². The van der Waals surface area contributed by atoms with E-state index in [1.165, 1.54) is 0 Å². The van der Waals surface area contributed by atoms with Crippen LogP contribution in [-0.2, 0) is 27.4 Å². The molecule has 2 N–H and O–H groups in total. The molecule has 1 heterocycles. The van der Waals surface area contributed by atoms with Gasteiger partial charge in [0.25, 0.3) is 11.3 Å². The maximum Gasteiger partial charge on any atom is 0.327 e. The van der Waals surface area contributed by atoms with Crippen molar-refractivity contribution >= 4 is 22.9 Å². The number of aliphatic carboxylic acids is 1. The van der Waals surface area contributed by atoms with Gasteiger partial charge >= 0.3 is 5.97 Å². The molecule has 38 heavy (non-hydrogen) atoms. The first-order valence-electron chi connectivity index (χ1n) is 12.7. The van der Waals surface area contributed by atoms with Crippen molar-refractivity contribution in [2.24, 2.45) is 5.92 Å². The van der Waals surface area contributed by atoms with Gasteiger partial charge in [-0.15, -0.1) is 0 Å². The summed E-state index contributed by atoms with van der Waals surface area (Å²) < 4.78 is 34.7. The van der Waals surface area contributed by atoms with Crippen molar-refractivity contribution in [3.8, 4) is 16.9 Å². The fraction of sp³-hybridized carbons (Fsp3) is 0.345. The number of methoxy groups -OCH3 is 1. The molecule has 202 valence electrons. The summed E-state index contributed by atoms with van der Waals surface area (Å²) in [6.07, 6.45) is 1.24. The molecule has 0 radical (unpaired) electrons. The van der Waals surface area contributed by atoms with Gasteiger partial charge in [-0.1, -0.05) is 54.6 Å². The predicted octanol–water partition coefficient (Wildman–Crippen LogP) is 4.69. The average Bonchev–Trinajstić information content (AvgIpc) is 2.95. The van der Waals surface area contributed by atoms with Gasteiger partial charge in [-0.3, -0.25) is 8.86 Å². The minimum Gasteiger partial charge on any atom is -0.497 e. The second-order valence-corrected chi connectivity index (χ2v) is 10.2. The lowest BCUT2D eigenvalue weighted by molar-refractivity contribution is -0.140. The van der Waals surface area contributed by atoms with Crippen LogP contribution in [0.5, 0.6) is 5.75 Å². The van der Waals surface area contributed by atoms with E-state index in [0.29, 0.717) is 44.8 Å². The van der Waals surface area contributed by atoms with E-state index in [0.717, 1.165) is 33.3 Å². The molecule has 1 fully saturated rings. The van der Waals surface area contributed by atoms with Crippen LogP contribution in [0.4, 0.5) is 5.69 Å². The van der Waals surface area contributed by atoms with E-state index in [9.17, 15) is 18.7 Å². The average molecular weight is 539 g/mol. The highest BCUT2D eigenvalue weighted by atomic mass is 32.2. The summed E-state index contributed by atoms with van der Waals surface area (Å²) in [6, 6.07) is 23.5. The highest BCUT2D eigenvalue weighted by Gasteiger charge is 2.38. The van der Waals surface area contributed by atoms with Crippen molar-refractivity contribution in [3.05, 3.63) is 84.4 Å². The Morgan fingerprint density at radius 3 is 2.16 bits per heavy atom. The first kappa shape index (κ1) is 27.8. The molecule has 0 spiro atoms. The zero-order chi connectivity index (χ0) is 26.9. The lowest BCUT2D eigenvalue weighted by Gasteiger charge is -2.38. The van der Waals surface area contributed by atoms with Crippen molar-refractivity contribution in [2.45, 2.75) is 25.5 Å². The fourth-order valence-electron chi connectivity index (χ4n) is 4.88. The van der Waals surface area contributed by atoms with E-state index < -0.39 is 23.3 Å². The number of ether oxygens (including phenoxy) is 2. The Hall–Kier alpha value is -3.24. The second kappa shape index (κ2) is 13.5. The number of anilines is 1. The number of rotatable bonds is 12. The third-order valence-electron chi connectivity index (χ3n) is 6.96. The van der Waals surface area contributed by atoms with Crippen LogP contribution in [0.15, 0.2) is 78.9 Å². The lowest BCUT2D eigenvalue weighted by atomic mass is 9.89. The van der Waals surface area contributed by atoms with Gasteiger partial charge in [0.05, 0.1) is 26.0 Å². The van der Waals surface area contributed by atoms with Crippen molar-refractivity contribution in [2.75, 3.05) is 37.7 Å². The minimum atomic E-state index is -2.49. The Morgan fingerprint density at radius 2 is 1.61 bits per heavy atom. The molecule has 4 rings (SSSR count). The number of hydrogen-bond acceptors (Lipinski definition) is 5. The molecule has 2 atom stereocenters. The highest BCUT2D eigenvalue weighted by Crippen LogP contribution is 2.31. The minimum absolute atomic E-state index is 0.258. The molecule has 2 unspecified atom stereocenters. The largest absolute Gasteiger partial charge is 0.497 e. The Morgan fingerprint density at radius 1 is 1.00 bits per heavy atom. The smallest absolute Gasteiger partial charge is 0.327 e. The van der Waals surface area contributed by atoms with Crippen LogP contribution in [-0.4, -0.2) is 64.1 Å². The summed E-state index contributed by atoms with van der Waals surface area (Å²) in [7, 11) is 1.61. The molecule has 3 aromatic carbocycles. The summed E-state index contributed by atoms with van der Waals surface area (Å²) in [5.74, 6) is -0.607. The zero-order valence-corrected chi connectivity index (χ0v) is 22.3. The summed E-state index contributed by atoms with van der Waals surface area (Å²) in [5, 5.41) is 10.1. The third-order valence-corrected chi connectivity index (χ3v) is 7.74. The number of likely N-dealkylation sites (tertiary alicyclic amines) is 1. The number of nitrogens with zero attached hydrogens (tertiary/aromatic N) is 2. The van der Waals surface area contributed by atoms with E-state index in [2.05, 4.69) is 4.90 Å². The Balaban J connectivity index is 1.36. The predicted molar refractivity (Wildman–Crippen MR) is 148 cm³/mol. The third kappa shape index (κ3) is 7.20. The van der Waals surface area contributed by atoms with Gasteiger partial charge in [0.15, 0.2) is 0 Å². The summed E-state index contributed by atoms with van der Waals surface area (Å²) >= 11 is -2.49. The van der Waals surface area contributed by atoms with Gasteiger partial charge in [0, 0.05) is 6.54 Å². The van der Waals surface area contributed by atoms with Crippen LogP contribution in [0.3, 0.4) is 0 Å². The maximum absolute atomic E-state index is 12.4. The van der Waals surface area contributed by atoms with Crippen molar-refractivity contribution in [1.29, 1.82) is 0 Å². The van der Waals surface area contributed by atoms with E-state index in [-0.39, 0.29) is 5.92 Å². The number of hydrogen-bond donors (Lipinski definition) is 2. The molecule has 0 bridgehead atoms. The van der Waals surface area contributed by atoms with Crippen LogP contribution in [0.2, 0.25) is 0 Å². The standard InChI is InChI=1S/C29H34N2O6S/c1-36-27-13-9-24(10-14-27)23-7-11-26(12-8-23)31(38(34)35)28(29(32)33)25-15-17-30(18-16-25)19-20-37-21-22-5-3-2-4-6-22/h2-14,25,28H,15-21H2,1H3,(H,32,33)(H,34,35). The zero-order valence-electron chi connectivity index (χ0n) is 21.4. The Bertz CT molecular complexity index is 1180. The number of carboxylic acids is 1. The first-order valence-corrected chi connectivity index (χ1v) is 13.7. The number of carboxylic acid groups (broad SMARTS) is 1. The monoisotopic (exact) mass is 538 g/mol.